The molecule has 2 atom stereocenters. The SMILES string of the molecule is COc1ccc2c(c1)CC(C(N)[CH-]C(=O)N1CCN(c3ccccc3OC)CC1)[CH-]N2.[Os+2]. The molecule has 1 fully saturated rings. The Morgan fingerprint density at radius 1 is 1.16 bits per heavy atom. The number of hydrogen-bond donors (Lipinski definition) is 2. The summed E-state index contributed by atoms with van der Waals surface area (Å²) >= 11 is 0. The Kier molecular flexibility index (Phi) is 8.28. The third kappa shape index (κ3) is 5.31. The van der Waals surface area contributed by atoms with Gasteiger partial charge in [0.2, 0.25) is 0 Å². The topological polar surface area (TPSA) is 80.1 Å². The van der Waals surface area contributed by atoms with Gasteiger partial charge >= 0.3 is 19.8 Å². The molecule has 1 saturated heterocycles. The Bertz CT molecular complexity index is 918. The van der Waals surface area contributed by atoms with Crippen molar-refractivity contribution in [2.45, 2.75) is 12.5 Å². The molecule has 2 aromatic carbocycles. The fourth-order valence-electron chi connectivity index (χ4n) is 4.22. The average Bonchev–Trinajstić information content (AvgIpc) is 2.83. The molecular weight excluding hydrogens is 583 g/mol. The number of benzene rings is 2. The first kappa shape index (κ1) is 24.2. The Hall–Kier alpha value is -2.42. The van der Waals surface area contributed by atoms with Crippen LogP contribution in [0.25, 0.3) is 0 Å². The summed E-state index contributed by atoms with van der Waals surface area (Å²) in [6.07, 6.45) is 2.43. The van der Waals surface area contributed by atoms with E-state index in [1.54, 1.807) is 20.6 Å². The van der Waals surface area contributed by atoms with Crippen LogP contribution >= 0.6 is 0 Å². The van der Waals surface area contributed by atoms with Gasteiger partial charge in [0.05, 0.1) is 25.8 Å². The zero-order chi connectivity index (χ0) is 21.8. The van der Waals surface area contributed by atoms with E-state index in [1.165, 1.54) is 0 Å². The summed E-state index contributed by atoms with van der Waals surface area (Å²) in [5, 5.41) is 3.31. The molecule has 4 rings (SSSR count). The number of amides is 1. The normalized spacial score (nSPS) is 18.5. The standard InChI is InChI=1S/C24H30N4O3.Os/c1-30-19-7-8-21-17(14-19)13-18(16-26-21)20(25)15-24(29)28-11-9-27(10-12-28)22-5-3-4-6-23(22)31-2;/h3-8,14-16,18,20,26H,9-13,25H2,1-2H3;/q-2;+2. The number of ether oxygens (including phenoxy) is 2. The predicted octanol–water partition coefficient (Wildman–Crippen LogP) is 2.33. The molecule has 1 amide bonds. The second kappa shape index (κ2) is 10.9. The van der Waals surface area contributed by atoms with E-state index < -0.39 is 0 Å². The van der Waals surface area contributed by atoms with Crippen molar-refractivity contribution < 1.29 is 34.1 Å². The van der Waals surface area contributed by atoms with E-state index in [2.05, 4.69) is 16.3 Å². The average molecular weight is 613 g/mol. The summed E-state index contributed by atoms with van der Waals surface area (Å²) in [7, 11) is 3.34. The van der Waals surface area contributed by atoms with Crippen molar-refractivity contribution in [3.8, 4) is 11.5 Å². The number of carbonyl (C=O) groups excluding carboxylic acids is 1. The summed E-state index contributed by atoms with van der Waals surface area (Å²) in [5.74, 6) is 1.71. The van der Waals surface area contributed by atoms with Crippen LogP contribution < -0.4 is 25.4 Å². The monoisotopic (exact) mass is 614 g/mol. The Morgan fingerprint density at radius 2 is 1.91 bits per heavy atom. The van der Waals surface area contributed by atoms with Crippen LogP contribution in [0.4, 0.5) is 11.4 Å². The fraction of sp³-hybridized carbons (Fsp3) is 0.375. The van der Waals surface area contributed by atoms with Crippen LogP contribution in [0.5, 0.6) is 11.5 Å². The minimum absolute atomic E-state index is 0. The Labute approximate surface area is 203 Å². The predicted molar refractivity (Wildman–Crippen MR) is 122 cm³/mol. The number of hydrogen-bond acceptors (Lipinski definition) is 6. The number of rotatable bonds is 6. The first-order valence-corrected chi connectivity index (χ1v) is 10.6. The molecule has 32 heavy (non-hydrogen) atoms. The number of carbonyl (C=O) groups is 1. The van der Waals surface area contributed by atoms with E-state index >= 15 is 0 Å². The number of nitrogens with zero attached hydrogens (tertiary/aromatic N) is 2. The molecule has 0 aliphatic carbocycles. The molecule has 2 aliphatic rings. The summed E-state index contributed by atoms with van der Waals surface area (Å²) in [5.41, 5.74) is 9.68. The van der Waals surface area contributed by atoms with Gasteiger partial charge in [-0.25, -0.2) is 6.54 Å². The third-order valence-electron chi connectivity index (χ3n) is 6.07. The van der Waals surface area contributed by atoms with Crippen LogP contribution in [0, 0.1) is 18.9 Å². The third-order valence-corrected chi connectivity index (χ3v) is 6.07. The minimum Gasteiger partial charge on any atom is -0.535 e. The molecule has 0 saturated carbocycles. The van der Waals surface area contributed by atoms with Crippen molar-refractivity contribution in [2.75, 3.05) is 50.6 Å². The van der Waals surface area contributed by atoms with Gasteiger partial charge in [0.15, 0.2) is 0 Å². The number of methoxy groups -OCH3 is 2. The van der Waals surface area contributed by atoms with Crippen LogP contribution in [0.15, 0.2) is 42.5 Å². The molecule has 0 bridgehead atoms. The van der Waals surface area contributed by atoms with Crippen molar-refractivity contribution in [2.24, 2.45) is 11.7 Å². The molecule has 2 aliphatic heterocycles. The van der Waals surface area contributed by atoms with Crippen molar-refractivity contribution in [3.05, 3.63) is 61.0 Å². The number of para-hydroxylation sites is 2. The van der Waals surface area contributed by atoms with E-state index in [1.807, 2.05) is 47.8 Å². The van der Waals surface area contributed by atoms with Crippen LogP contribution in [-0.4, -0.2) is 57.2 Å². The molecule has 3 N–H and O–H groups in total. The minimum atomic E-state index is -0.355. The molecule has 0 aromatic heterocycles. The molecule has 2 unspecified atom stereocenters. The Morgan fingerprint density at radius 3 is 2.62 bits per heavy atom. The molecule has 0 spiro atoms. The molecule has 2 aromatic rings. The molecule has 172 valence electrons. The van der Waals surface area contributed by atoms with Crippen LogP contribution in [0.2, 0.25) is 0 Å². The summed E-state index contributed by atoms with van der Waals surface area (Å²) < 4.78 is 10.8. The van der Waals surface area contributed by atoms with Crippen molar-refractivity contribution in [1.29, 1.82) is 0 Å². The molecule has 2 heterocycles. The zero-order valence-electron chi connectivity index (χ0n) is 18.4. The summed E-state index contributed by atoms with van der Waals surface area (Å²) in [4.78, 5) is 17.0. The molecule has 0 radical (unpaired) electrons. The van der Waals surface area contributed by atoms with Crippen molar-refractivity contribution >= 4 is 17.3 Å². The maximum atomic E-state index is 12.9. The fourth-order valence-corrected chi connectivity index (χ4v) is 4.22. The van der Waals surface area contributed by atoms with Gasteiger partial charge in [0.25, 0.3) is 0 Å². The first-order chi connectivity index (χ1) is 15.1. The second-order valence-electron chi connectivity index (χ2n) is 7.93. The van der Waals surface area contributed by atoms with Gasteiger partial charge in [-0.05, 0) is 42.3 Å². The van der Waals surface area contributed by atoms with Gasteiger partial charge in [0.1, 0.15) is 11.5 Å². The quantitative estimate of drug-likeness (QED) is 0.488. The second-order valence-corrected chi connectivity index (χ2v) is 7.93. The first-order valence-electron chi connectivity index (χ1n) is 10.6. The van der Waals surface area contributed by atoms with Gasteiger partial charge in [-0.2, -0.15) is 5.92 Å². The van der Waals surface area contributed by atoms with E-state index in [0.717, 1.165) is 47.9 Å². The van der Waals surface area contributed by atoms with Crippen molar-refractivity contribution in [1.82, 2.24) is 4.90 Å². The summed E-state index contributed by atoms with van der Waals surface area (Å²) in [6.45, 7) is 4.83. The van der Waals surface area contributed by atoms with Crippen LogP contribution in [-0.2, 0) is 31.0 Å². The van der Waals surface area contributed by atoms with Crippen LogP contribution in [0.1, 0.15) is 5.56 Å². The number of piperazine rings is 1. The van der Waals surface area contributed by atoms with Gasteiger partial charge in [0, 0.05) is 31.9 Å². The van der Waals surface area contributed by atoms with Crippen LogP contribution in [0.3, 0.4) is 0 Å². The van der Waals surface area contributed by atoms with E-state index in [-0.39, 0.29) is 37.7 Å². The smallest absolute Gasteiger partial charge is 0.535 e. The van der Waals surface area contributed by atoms with E-state index in [9.17, 15) is 4.79 Å². The number of anilines is 2. The van der Waals surface area contributed by atoms with E-state index in [0.29, 0.717) is 13.1 Å². The maximum absolute atomic E-state index is 12.9. The van der Waals surface area contributed by atoms with Gasteiger partial charge in [-0.1, -0.05) is 12.1 Å². The van der Waals surface area contributed by atoms with Gasteiger partial charge in [-0.3, -0.25) is 6.42 Å². The van der Waals surface area contributed by atoms with E-state index in [4.69, 9.17) is 15.2 Å². The van der Waals surface area contributed by atoms with Gasteiger partial charge in [-0.15, -0.1) is 6.04 Å². The largest absolute Gasteiger partial charge is 2.00 e. The maximum Gasteiger partial charge on any atom is 2.00 e. The number of nitrogens with two attached hydrogens (primary N) is 1. The number of fused-ring (bicyclic) bond motifs is 1. The Balaban J connectivity index is 0.00000289. The molecular formula is C24H30N4O3Os. The zero-order valence-corrected chi connectivity index (χ0v) is 21.0. The van der Waals surface area contributed by atoms with Gasteiger partial charge < -0.3 is 35.1 Å². The molecule has 7 nitrogen and oxygen atoms in total. The number of nitrogens with one attached hydrogen (secondary N) is 1. The summed E-state index contributed by atoms with van der Waals surface area (Å²) in [6, 6.07) is 13.6. The molecule has 8 heteroatoms. The van der Waals surface area contributed by atoms with Crippen molar-refractivity contribution in [3.63, 3.8) is 0 Å².